The Kier molecular flexibility index (Phi) is 16.3. The van der Waals surface area contributed by atoms with Gasteiger partial charge >= 0.3 is 5.97 Å². The molecule has 2 N–H and O–H groups in total. The van der Waals surface area contributed by atoms with Crippen molar-refractivity contribution in [1.82, 2.24) is 44.4 Å². The molecule has 4 aromatic rings. The number of benzene rings is 1. The highest BCUT2D eigenvalue weighted by atomic mass is 32.1. The van der Waals surface area contributed by atoms with Crippen LogP contribution in [0.3, 0.4) is 0 Å². The Labute approximate surface area is 421 Å². The van der Waals surface area contributed by atoms with Gasteiger partial charge in [0.2, 0.25) is 11.8 Å². The fraction of sp³-hybridized carbons (Fsp3) is 0.566. The summed E-state index contributed by atoms with van der Waals surface area (Å²) >= 11 is 1.27. The lowest BCUT2D eigenvalue weighted by Gasteiger charge is -2.37. The summed E-state index contributed by atoms with van der Waals surface area (Å²) in [7, 11) is 3.29. The van der Waals surface area contributed by atoms with Crippen molar-refractivity contribution < 1.29 is 38.2 Å². The third kappa shape index (κ3) is 11.5. The molecule has 5 atom stereocenters. The molecule has 8 rings (SSSR count). The summed E-state index contributed by atoms with van der Waals surface area (Å²) < 4.78 is 24.6. The standard InChI is InChI=1S/C53H69N9O8S/c1-9-61-44-17-16-35-27-39(44)40(48(61)38-13-10-19-54-46(38)34(4)68-8)30-53(5,6)32-70-52(67)41-14-11-21-62(56-41)51(66)43(29-37-28-42(35)57-71-37)55-49(64)47(33(2)3)58(7)50(65)36-18-22-60(31-36)45(63)15-12-20-59-23-25-69-26-24-59/h10,13,16-17,19,27-28,33-34,36,41,43,47,56H,9,11,14,18,20-26,29-32H2,1-8H3,(H,55,64)/t34-,36+,41-,43-,47-/m0/s1. The number of hydrogen-bond donors (Lipinski definition) is 2. The molecule has 7 heterocycles. The number of likely N-dealkylation sites (N-methyl/N-ethyl adjacent to an activating group) is 1. The topological polar surface area (TPSA) is 181 Å². The minimum atomic E-state index is -1.07. The van der Waals surface area contributed by atoms with Crippen molar-refractivity contribution in [3.63, 3.8) is 0 Å². The summed E-state index contributed by atoms with van der Waals surface area (Å²) in [4.78, 5) is 81.3. The van der Waals surface area contributed by atoms with E-state index in [9.17, 15) is 24.0 Å². The number of pyridine rings is 1. The van der Waals surface area contributed by atoms with E-state index >= 15 is 0 Å². The van der Waals surface area contributed by atoms with Gasteiger partial charge in [0, 0.05) is 98.4 Å². The molecule has 0 saturated carbocycles. The number of hydrazine groups is 1. The maximum atomic E-state index is 14.7. The number of carbonyl (C=O) groups excluding carboxylic acids is 5. The van der Waals surface area contributed by atoms with Crippen molar-refractivity contribution in [3.8, 4) is 34.4 Å². The van der Waals surface area contributed by atoms with Gasteiger partial charge in [-0.05, 0) is 98.8 Å². The Morgan fingerprint density at radius 3 is 2.61 bits per heavy atom. The number of rotatable bonds is 10. The van der Waals surface area contributed by atoms with Gasteiger partial charge in [0.15, 0.2) is 0 Å². The Hall–Kier alpha value is -5.71. The van der Waals surface area contributed by atoms with Crippen LogP contribution in [0.15, 0.2) is 42.6 Å². The maximum Gasteiger partial charge on any atom is 0.324 e. The van der Waals surface area contributed by atoms with Crippen molar-refractivity contribution in [3.05, 3.63) is 58.7 Å². The minimum Gasteiger partial charge on any atom is -0.464 e. The van der Waals surface area contributed by atoms with E-state index in [0.29, 0.717) is 65.1 Å². The minimum absolute atomic E-state index is 0.115. The SMILES string of the molecule is CCn1c(-c2cccnc2[C@H](C)OC)c2c3cc(ccc31)-c1cc(sn1)C[C@H](NC(=O)[C@H](C(C)C)N(C)C(=O)[C@@H]1CCN(C(=O)C#CCN3CCOCC3)C1)C(=O)N1CCC[C@H](N1)C(=O)OCC(C)(C)C2. The number of aryl methyl sites for hydroxylation is 1. The Bertz CT molecular complexity index is 2680. The predicted molar refractivity (Wildman–Crippen MR) is 270 cm³/mol. The van der Waals surface area contributed by atoms with E-state index in [1.54, 1.807) is 25.3 Å². The summed E-state index contributed by atoms with van der Waals surface area (Å²) in [6, 6.07) is 9.58. The highest BCUT2D eigenvalue weighted by Gasteiger charge is 2.40. The third-order valence-corrected chi connectivity index (χ3v) is 15.1. The smallest absolute Gasteiger partial charge is 0.324 e. The molecule has 17 nitrogen and oxygen atoms in total. The van der Waals surface area contributed by atoms with E-state index in [0.717, 1.165) is 62.6 Å². The lowest BCUT2D eigenvalue weighted by molar-refractivity contribution is -0.155. The third-order valence-electron chi connectivity index (χ3n) is 14.3. The van der Waals surface area contributed by atoms with Crippen LogP contribution in [-0.2, 0) is 57.6 Å². The summed E-state index contributed by atoms with van der Waals surface area (Å²) in [6.07, 6.45) is 3.66. The molecule has 380 valence electrons. The number of hydrogen-bond acceptors (Lipinski definition) is 13. The van der Waals surface area contributed by atoms with E-state index in [2.05, 4.69) is 77.1 Å². The zero-order valence-corrected chi connectivity index (χ0v) is 43.2. The molecule has 0 aliphatic carbocycles. The van der Waals surface area contributed by atoms with Crippen LogP contribution in [-0.4, -0.2) is 155 Å². The van der Waals surface area contributed by atoms with Gasteiger partial charge in [-0.2, -0.15) is 4.37 Å². The zero-order valence-electron chi connectivity index (χ0n) is 42.4. The van der Waals surface area contributed by atoms with Crippen LogP contribution < -0.4 is 10.7 Å². The first kappa shape index (κ1) is 51.6. The Morgan fingerprint density at radius 2 is 1.86 bits per heavy atom. The van der Waals surface area contributed by atoms with Crippen molar-refractivity contribution >= 4 is 52.0 Å². The molecule has 71 heavy (non-hydrogen) atoms. The van der Waals surface area contributed by atoms with Crippen molar-refractivity contribution in [2.45, 2.75) is 104 Å². The molecule has 3 fully saturated rings. The first-order chi connectivity index (χ1) is 34.1. The van der Waals surface area contributed by atoms with Gasteiger partial charge in [0.1, 0.15) is 18.1 Å². The number of likely N-dealkylation sites (tertiary alicyclic amines) is 1. The van der Waals surface area contributed by atoms with Crippen molar-refractivity contribution in [2.24, 2.45) is 17.3 Å². The summed E-state index contributed by atoms with van der Waals surface area (Å²) in [5, 5.41) is 5.52. The molecule has 1 aromatic carbocycles. The van der Waals surface area contributed by atoms with Gasteiger partial charge in [-0.25, -0.2) is 5.43 Å². The lowest BCUT2D eigenvalue weighted by Crippen LogP contribution is -2.62. The normalized spacial score (nSPS) is 21.8. The number of cyclic esters (lactones) is 1. The van der Waals surface area contributed by atoms with Gasteiger partial charge < -0.3 is 33.9 Å². The molecule has 4 aliphatic rings. The van der Waals surface area contributed by atoms with Crippen LogP contribution in [0, 0.1) is 29.1 Å². The van der Waals surface area contributed by atoms with Crippen molar-refractivity contribution in [2.75, 3.05) is 73.2 Å². The number of esters is 1. The Balaban J connectivity index is 1.08. The van der Waals surface area contributed by atoms with Gasteiger partial charge in [-0.1, -0.05) is 39.7 Å². The number of fused-ring (bicyclic) bond motifs is 6. The highest BCUT2D eigenvalue weighted by molar-refractivity contribution is 7.06. The first-order valence-electron chi connectivity index (χ1n) is 25.1. The number of aromatic nitrogens is 3. The number of ether oxygens (including phenoxy) is 3. The zero-order chi connectivity index (χ0) is 50.6. The number of nitrogens with one attached hydrogen (secondary N) is 2. The van der Waals surface area contributed by atoms with Gasteiger partial charge in [-0.3, -0.25) is 38.9 Å². The summed E-state index contributed by atoms with van der Waals surface area (Å²) in [5.74, 6) is 2.95. The second kappa shape index (κ2) is 22.4. The van der Waals surface area contributed by atoms with E-state index < -0.39 is 47.2 Å². The van der Waals surface area contributed by atoms with E-state index in [1.165, 1.54) is 21.4 Å². The first-order valence-corrected chi connectivity index (χ1v) is 25.8. The molecule has 6 bridgehead atoms. The largest absolute Gasteiger partial charge is 0.464 e. The van der Waals surface area contributed by atoms with Crippen LogP contribution in [0.5, 0.6) is 0 Å². The Morgan fingerprint density at radius 1 is 1.07 bits per heavy atom. The molecule has 0 spiro atoms. The van der Waals surface area contributed by atoms with Crippen LogP contribution >= 0.6 is 11.5 Å². The average Bonchev–Trinajstić information content (AvgIpc) is 4.13. The average molecular weight is 992 g/mol. The molecular formula is C53H69N9O8S. The number of carbonyl (C=O) groups is 5. The lowest BCUT2D eigenvalue weighted by atomic mass is 9.84. The fourth-order valence-corrected chi connectivity index (χ4v) is 11.2. The van der Waals surface area contributed by atoms with E-state index in [1.807, 2.05) is 32.9 Å². The van der Waals surface area contributed by atoms with E-state index in [4.69, 9.17) is 23.6 Å². The molecule has 3 aromatic heterocycles. The second-order valence-electron chi connectivity index (χ2n) is 20.4. The monoisotopic (exact) mass is 991 g/mol. The predicted octanol–water partition coefficient (Wildman–Crippen LogP) is 4.87. The van der Waals surface area contributed by atoms with Crippen LogP contribution in [0.4, 0.5) is 0 Å². The number of morpholine rings is 1. The second-order valence-corrected chi connectivity index (χ2v) is 21.3. The van der Waals surface area contributed by atoms with Gasteiger partial charge in [-0.15, -0.1) is 0 Å². The van der Waals surface area contributed by atoms with Crippen LogP contribution in [0.2, 0.25) is 0 Å². The van der Waals surface area contributed by atoms with Crippen LogP contribution in [0.1, 0.15) is 83.0 Å². The number of nitrogens with zero attached hydrogens (tertiary/aromatic N) is 7. The highest BCUT2D eigenvalue weighted by Crippen LogP contribution is 2.42. The quantitative estimate of drug-likeness (QED) is 0.163. The molecule has 0 unspecified atom stereocenters. The molecule has 0 radical (unpaired) electrons. The molecular weight excluding hydrogens is 923 g/mol. The molecule has 4 amide bonds. The molecule has 18 heteroatoms. The number of methoxy groups -OCH3 is 1. The molecule has 4 aliphatic heterocycles. The van der Waals surface area contributed by atoms with Gasteiger partial charge in [0.05, 0.1) is 55.5 Å². The van der Waals surface area contributed by atoms with E-state index in [-0.39, 0.29) is 43.4 Å². The summed E-state index contributed by atoms with van der Waals surface area (Å²) in [6.45, 7) is 17.1. The summed E-state index contributed by atoms with van der Waals surface area (Å²) in [5.41, 5.74) is 9.24. The number of amides is 4. The van der Waals surface area contributed by atoms with Crippen LogP contribution in [0.25, 0.3) is 33.4 Å². The van der Waals surface area contributed by atoms with Crippen molar-refractivity contribution in [1.29, 1.82) is 0 Å². The van der Waals surface area contributed by atoms with Gasteiger partial charge in [0.25, 0.3) is 11.8 Å². The fourth-order valence-electron chi connectivity index (χ4n) is 10.4. The molecule has 3 saturated heterocycles. The maximum absolute atomic E-state index is 14.7.